The van der Waals surface area contributed by atoms with E-state index in [1.54, 1.807) is 14.1 Å². The lowest BCUT2D eigenvalue weighted by molar-refractivity contribution is -0.140. The van der Waals surface area contributed by atoms with Crippen molar-refractivity contribution >= 4 is 16.7 Å². The van der Waals surface area contributed by atoms with Crippen LogP contribution in [0.2, 0.25) is 0 Å². The Bertz CT molecular complexity index is 1170. The summed E-state index contributed by atoms with van der Waals surface area (Å²) in [7, 11) is 3.21. The summed E-state index contributed by atoms with van der Waals surface area (Å²) < 4.78 is 59.2. The largest absolute Gasteiger partial charge is 0.435 e. The Morgan fingerprint density at radius 3 is 2.48 bits per heavy atom. The van der Waals surface area contributed by atoms with Crippen molar-refractivity contribution in [1.29, 1.82) is 0 Å². The second-order valence-electron chi connectivity index (χ2n) is 6.03. The number of aromatic nitrogens is 6. The van der Waals surface area contributed by atoms with Gasteiger partial charge >= 0.3 is 6.18 Å². The highest BCUT2D eigenvalue weighted by atomic mass is 19.4. The van der Waals surface area contributed by atoms with Gasteiger partial charge < -0.3 is 5.73 Å². The Morgan fingerprint density at radius 2 is 1.85 bits per heavy atom. The molecular weight excluding hydrogens is 366 g/mol. The number of rotatable bonds is 2. The zero-order valence-corrected chi connectivity index (χ0v) is 14.2. The van der Waals surface area contributed by atoms with Crippen molar-refractivity contribution in [3.05, 3.63) is 42.1 Å². The van der Waals surface area contributed by atoms with Crippen LogP contribution in [0.1, 0.15) is 5.69 Å². The summed E-state index contributed by atoms with van der Waals surface area (Å²) >= 11 is 0. The van der Waals surface area contributed by atoms with Crippen LogP contribution in [-0.4, -0.2) is 29.3 Å². The van der Waals surface area contributed by atoms with Gasteiger partial charge in [0.1, 0.15) is 11.6 Å². The molecule has 0 atom stereocenters. The summed E-state index contributed by atoms with van der Waals surface area (Å²) in [6.45, 7) is 0. The Kier molecular flexibility index (Phi) is 3.52. The molecule has 140 valence electrons. The topological polar surface area (TPSA) is 79.5 Å². The summed E-state index contributed by atoms with van der Waals surface area (Å²) in [6.07, 6.45) is -1.88. The molecule has 0 aliphatic heterocycles. The minimum atomic E-state index is -4.84. The van der Waals surface area contributed by atoms with Gasteiger partial charge in [-0.1, -0.05) is 0 Å². The summed E-state index contributed by atoms with van der Waals surface area (Å²) in [5.41, 5.74) is 4.30. The molecule has 0 bridgehead atoms. The molecule has 4 aromatic rings. The second-order valence-corrected chi connectivity index (χ2v) is 6.03. The van der Waals surface area contributed by atoms with Crippen molar-refractivity contribution in [2.75, 3.05) is 5.73 Å². The summed E-state index contributed by atoms with van der Waals surface area (Å²) in [4.78, 5) is 0. The maximum Gasteiger partial charge on any atom is 0.435 e. The predicted octanol–water partition coefficient (Wildman–Crippen LogP) is 2.90. The molecule has 0 spiro atoms. The molecule has 0 amide bonds. The number of benzene rings is 1. The van der Waals surface area contributed by atoms with Crippen LogP contribution in [0.15, 0.2) is 30.6 Å². The summed E-state index contributed by atoms with van der Waals surface area (Å²) in [5.74, 6) is -1.12. The Balaban J connectivity index is 2.03. The average molecular weight is 379 g/mol. The minimum absolute atomic E-state index is 0.0915. The van der Waals surface area contributed by atoms with Crippen molar-refractivity contribution in [2.45, 2.75) is 6.18 Å². The van der Waals surface area contributed by atoms with E-state index in [1.807, 2.05) is 0 Å². The molecule has 3 aromatic heterocycles. The van der Waals surface area contributed by atoms with Gasteiger partial charge in [0.2, 0.25) is 0 Å². The van der Waals surface area contributed by atoms with Crippen LogP contribution in [0.25, 0.3) is 27.8 Å². The first kappa shape index (κ1) is 17.1. The second kappa shape index (κ2) is 5.56. The zero-order chi connectivity index (χ0) is 19.5. The highest BCUT2D eigenvalue weighted by molar-refractivity contribution is 5.88. The number of hydrogen-bond acceptors (Lipinski definition) is 4. The number of nitrogens with two attached hydrogens (primary N) is 1. The van der Waals surface area contributed by atoms with Crippen LogP contribution in [0.3, 0.4) is 0 Å². The van der Waals surface area contributed by atoms with E-state index in [1.165, 1.54) is 33.9 Å². The quantitative estimate of drug-likeness (QED) is 0.543. The van der Waals surface area contributed by atoms with Gasteiger partial charge in [-0.25, -0.2) is 4.39 Å². The highest BCUT2D eigenvalue weighted by Crippen LogP contribution is 2.42. The van der Waals surface area contributed by atoms with Crippen molar-refractivity contribution in [3.63, 3.8) is 0 Å². The first-order chi connectivity index (χ1) is 12.7. The number of fused-ring (bicyclic) bond motifs is 1. The van der Waals surface area contributed by atoms with Gasteiger partial charge in [0, 0.05) is 37.3 Å². The number of nitrogens with zero attached hydrogens (tertiary/aromatic N) is 6. The molecule has 4 rings (SSSR count). The van der Waals surface area contributed by atoms with Gasteiger partial charge in [-0.3, -0.25) is 9.36 Å². The lowest BCUT2D eigenvalue weighted by Crippen LogP contribution is -2.09. The lowest BCUT2D eigenvalue weighted by Gasteiger charge is -2.09. The van der Waals surface area contributed by atoms with E-state index in [0.29, 0.717) is 10.9 Å². The van der Waals surface area contributed by atoms with Gasteiger partial charge in [-0.05, 0) is 12.1 Å². The van der Waals surface area contributed by atoms with E-state index in [9.17, 15) is 17.6 Å². The summed E-state index contributed by atoms with van der Waals surface area (Å²) in [6, 6.07) is 3.85. The van der Waals surface area contributed by atoms with E-state index < -0.39 is 23.3 Å². The number of hydrogen-bond donors (Lipinski definition) is 1. The Morgan fingerprint density at radius 1 is 1.11 bits per heavy atom. The monoisotopic (exact) mass is 379 g/mol. The van der Waals surface area contributed by atoms with Gasteiger partial charge in [-0.2, -0.15) is 33.1 Å². The van der Waals surface area contributed by atoms with Crippen molar-refractivity contribution < 1.29 is 17.6 Å². The van der Waals surface area contributed by atoms with Crippen LogP contribution < -0.4 is 5.73 Å². The molecule has 0 aliphatic carbocycles. The first-order valence-electron chi connectivity index (χ1n) is 7.74. The average Bonchev–Trinajstić information content (AvgIpc) is 3.25. The zero-order valence-electron chi connectivity index (χ0n) is 14.2. The maximum atomic E-state index is 14.7. The Labute approximate surface area is 149 Å². The fourth-order valence-electron chi connectivity index (χ4n) is 2.95. The fourth-order valence-corrected chi connectivity index (χ4v) is 2.95. The van der Waals surface area contributed by atoms with Gasteiger partial charge in [0.05, 0.1) is 17.3 Å². The minimum Gasteiger partial charge on any atom is -0.383 e. The predicted molar refractivity (Wildman–Crippen MR) is 89.4 cm³/mol. The third-order valence-corrected chi connectivity index (χ3v) is 4.21. The standard InChI is InChI=1S/C16H13F4N7/c1-25-4-3-12(23-25)27-15(21)13(14(24-27)16(18,19)20)9-6-11-8(5-10(9)17)7-22-26(11)2/h3-7H,21H2,1-2H3. The van der Waals surface area contributed by atoms with E-state index in [-0.39, 0.29) is 17.2 Å². The van der Waals surface area contributed by atoms with E-state index in [2.05, 4.69) is 15.3 Å². The van der Waals surface area contributed by atoms with Gasteiger partial charge in [0.25, 0.3) is 0 Å². The van der Waals surface area contributed by atoms with Gasteiger partial charge in [0.15, 0.2) is 11.5 Å². The number of anilines is 1. The van der Waals surface area contributed by atoms with E-state index in [0.717, 1.165) is 10.7 Å². The molecular formula is C16H13F4N7. The number of aryl methyl sites for hydroxylation is 2. The molecule has 2 N–H and O–H groups in total. The van der Waals surface area contributed by atoms with Crippen LogP contribution >= 0.6 is 0 Å². The number of nitrogen functional groups attached to an aromatic ring is 1. The van der Waals surface area contributed by atoms with E-state index >= 15 is 0 Å². The molecule has 27 heavy (non-hydrogen) atoms. The van der Waals surface area contributed by atoms with Crippen molar-refractivity contribution in [3.8, 4) is 16.9 Å². The lowest BCUT2D eigenvalue weighted by atomic mass is 10.0. The molecule has 0 fully saturated rings. The van der Waals surface area contributed by atoms with Crippen molar-refractivity contribution in [2.24, 2.45) is 14.1 Å². The van der Waals surface area contributed by atoms with Crippen LogP contribution in [-0.2, 0) is 20.3 Å². The smallest absolute Gasteiger partial charge is 0.383 e. The molecule has 0 saturated carbocycles. The fraction of sp³-hybridized carbons (Fsp3) is 0.188. The SMILES string of the molecule is Cn1ccc(-n2nc(C(F)(F)F)c(-c3cc4c(cnn4C)cc3F)c2N)n1. The summed E-state index contributed by atoms with van der Waals surface area (Å²) in [5, 5.41) is 12.0. The molecule has 0 saturated heterocycles. The number of alkyl halides is 3. The van der Waals surface area contributed by atoms with Crippen LogP contribution in [0.5, 0.6) is 0 Å². The first-order valence-corrected chi connectivity index (χ1v) is 7.74. The molecule has 0 radical (unpaired) electrons. The number of halogens is 4. The molecule has 7 nitrogen and oxygen atoms in total. The molecule has 11 heteroatoms. The molecule has 3 heterocycles. The Hall–Kier alpha value is -3.37. The molecule has 0 aliphatic rings. The van der Waals surface area contributed by atoms with Crippen molar-refractivity contribution in [1.82, 2.24) is 29.3 Å². The van der Waals surface area contributed by atoms with Gasteiger partial charge in [-0.15, -0.1) is 0 Å². The maximum absolute atomic E-state index is 14.7. The normalized spacial score (nSPS) is 12.2. The van der Waals surface area contributed by atoms with Crippen LogP contribution in [0, 0.1) is 5.82 Å². The third kappa shape index (κ3) is 2.62. The molecule has 0 unspecified atom stereocenters. The van der Waals surface area contributed by atoms with E-state index in [4.69, 9.17) is 5.73 Å². The third-order valence-electron chi connectivity index (χ3n) is 4.21. The highest BCUT2D eigenvalue weighted by Gasteiger charge is 2.40. The molecule has 1 aromatic carbocycles. The van der Waals surface area contributed by atoms with Crippen LogP contribution in [0.4, 0.5) is 23.4 Å².